The molecule has 1 amide bonds. The molecule has 2 heterocycles. The molecule has 0 saturated carbocycles. The molecule has 128 valence electrons. The standard InChI is InChI=1S/C17H20Cl2N4O/c1-2-23-11-13(10-20-23)17(24)22-8-6-21(7-9-22)12-14-15(18)4-3-5-16(14)19/h3-5,10-11H,2,6-9,12H2,1H3. The van der Waals surface area contributed by atoms with E-state index in [2.05, 4.69) is 10.00 Å². The Morgan fingerprint density at radius 1 is 1.17 bits per heavy atom. The van der Waals surface area contributed by atoms with E-state index in [4.69, 9.17) is 23.2 Å². The van der Waals surface area contributed by atoms with Crippen molar-refractivity contribution in [2.45, 2.75) is 20.0 Å². The number of aromatic nitrogens is 2. The van der Waals surface area contributed by atoms with Crippen LogP contribution in [0.25, 0.3) is 0 Å². The summed E-state index contributed by atoms with van der Waals surface area (Å²) < 4.78 is 1.77. The van der Waals surface area contributed by atoms with Crippen molar-refractivity contribution >= 4 is 29.1 Å². The minimum Gasteiger partial charge on any atom is -0.336 e. The van der Waals surface area contributed by atoms with Gasteiger partial charge >= 0.3 is 0 Å². The lowest BCUT2D eigenvalue weighted by Crippen LogP contribution is -2.48. The van der Waals surface area contributed by atoms with Crippen LogP contribution in [0.4, 0.5) is 0 Å². The van der Waals surface area contributed by atoms with Crippen molar-refractivity contribution in [2.24, 2.45) is 0 Å². The molecule has 0 aliphatic carbocycles. The van der Waals surface area contributed by atoms with Gasteiger partial charge in [0.2, 0.25) is 0 Å². The number of carbonyl (C=O) groups is 1. The van der Waals surface area contributed by atoms with E-state index in [0.29, 0.717) is 35.2 Å². The molecule has 2 aromatic rings. The molecule has 1 aliphatic heterocycles. The van der Waals surface area contributed by atoms with Crippen LogP contribution in [0.5, 0.6) is 0 Å². The van der Waals surface area contributed by atoms with Gasteiger partial charge in [-0.05, 0) is 19.1 Å². The number of nitrogens with zero attached hydrogens (tertiary/aromatic N) is 4. The van der Waals surface area contributed by atoms with Crippen LogP contribution in [0.15, 0.2) is 30.6 Å². The van der Waals surface area contributed by atoms with E-state index in [1.165, 1.54) is 0 Å². The van der Waals surface area contributed by atoms with Crippen LogP contribution in [0, 0.1) is 0 Å². The second kappa shape index (κ2) is 7.55. The van der Waals surface area contributed by atoms with Crippen molar-refractivity contribution in [1.29, 1.82) is 0 Å². The Morgan fingerprint density at radius 3 is 2.42 bits per heavy atom. The van der Waals surface area contributed by atoms with Crippen molar-refractivity contribution in [3.05, 3.63) is 51.8 Å². The first-order valence-electron chi connectivity index (χ1n) is 8.05. The first kappa shape index (κ1) is 17.3. The van der Waals surface area contributed by atoms with Crippen molar-refractivity contribution in [2.75, 3.05) is 26.2 Å². The maximum Gasteiger partial charge on any atom is 0.257 e. The summed E-state index contributed by atoms with van der Waals surface area (Å²) in [5, 5.41) is 5.55. The Balaban J connectivity index is 1.58. The lowest BCUT2D eigenvalue weighted by atomic mass is 10.2. The summed E-state index contributed by atoms with van der Waals surface area (Å²) in [4.78, 5) is 16.7. The molecule has 0 radical (unpaired) electrons. The van der Waals surface area contributed by atoms with Crippen LogP contribution in [-0.2, 0) is 13.1 Å². The third-order valence-corrected chi connectivity index (χ3v) is 5.02. The SMILES string of the molecule is CCn1cc(C(=O)N2CCN(Cc3c(Cl)cccc3Cl)CC2)cn1. The molecule has 1 aromatic carbocycles. The minimum atomic E-state index is 0.0464. The molecular weight excluding hydrogens is 347 g/mol. The number of amides is 1. The van der Waals surface area contributed by atoms with Crippen molar-refractivity contribution < 1.29 is 4.79 Å². The highest BCUT2D eigenvalue weighted by atomic mass is 35.5. The molecule has 1 aliphatic rings. The van der Waals surface area contributed by atoms with Crippen LogP contribution < -0.4 is 0 Å². The van der Waals surface area contributed by atoms with Crippen LogP contribution in [0.2, 0.25) is 10.0 Å². The Morgan fingerprint density at radius 2 is 1.83 bits per heavy atom. The van der Waals surface area contributed by atoms with Crippen LogP contribution >= 0.6 is 23.2 Å². The number of aryl methyl sites for hydroxylation is 1. The summed E-state index contributed by atoms with van der Waals surface area (Å²) in [6.07, 6.45) is 3.44. The minimum absolute atomic E-state index is 0.0464. The highest BCUT2D eigenvalue weighted by Crippen LogP contribution is 2.26. The summed E-state index contributed by atoms with van der Waals surface area (Å²) in [6, 6.07) is 5.56. The van der Waals surface area contributed by atoms with E-state index in [1.807, 2.05) is 30.0 Å². The third-order valence-electron chi connectivity index (χ3n) is 4.31. The Hall–Kier alpha value is -1.56. The van der Waals surface area contributed by atoms with Crippen molar-refractivity contribution in [3.8, 4) is 0 Å². The molecule has 1 saturated heterocycles. The summed E-state index contributed by atoms with van der Waals surface area (Å²) in [5.41, 5.74) is 1.60. The number of hydrogen-bond donors (Lipinski definition) is 0. The average molecular weight is 367 g/mol. The molecule has 24 heavy (non-hydrogen) atoms. The Bertz CT molecular complexity index is 703. The summed E-state index contributed by atoms with van der Waals surface area (Å²) in [5.74, 6) is 0.0464. The van der Waals surface area contributed by atoms with Gasteiger partial charge in [0.05, 0.1) is 11.8 Å². The molecule has 1 aromatic heterocycles. The maximum atomic E-state index is 12.5. The van der Waals surface area contributed by atoms with Gasteiger partial charge in [-0.3, -0.25) is 14.4 Å². The predicted octanol–water partition coefficient (Wildman–Crippen LogP) is 3.17. The summed E-state index contributed by atoms with van der Waals surface area (Å²) in [6.45, 7) is 6.45. The molecule has 0 spiro atoms. The van der Waals surface area contributed by atoms with E-state index in [9.17, 15) is 4.79 Å². The highest BCUT2D eigenvalue weighted by Gasteiger charge is 2.23. The second-order valence-corrected chi connectivity index (χ2v) is 6.67. The van der Waals surface area contributed by atoms with Gasteiger partial charge in [-0.1, -0.05) is 29.3 Å². The van der Waals surface area contributed by atoms with Crippen molar-refractivity contribution in [1.82, 2.24) is 19.6 Å². The fraction of sp³-hybridized carbons (Fsp3) is 0.412. The Labute approximate surface area is 151 Å². The number of piperazine rings is 1. The van der Waals surface area contributed by atoms with Gasteiger partial charge in [0.15, 0.2) is 0 Å². The molecule has 0 atom stereocenters. The van der Waals surface area contributed by atoms with E-state index in [-0.39, 0.29) is 5.91 Å². The zero-order valence-corrected chi connectivity index (χ0v) is 15.1. The summed E-state index contributed by atoms with van der Waals surface area (Å²) >= 11 is 12.5. The van der Waals surface area contributed by atoms with Gasteiger partial charge in [-0.25, -0.2) is 0 Å². The van der Waals surface area contributed by atoms with Gasteiger partial charge in [0.25, 0.3) is 5.91 Å². The quantitative estimate of drug-likeness (QED) is 0.834. The number of hydrogen-bond acceptors (Lipinski definition) is 3. The smallest absolute Gasteiger partial charge is 0.257 e. The zero-order chi connectivity index (χ0) is 17.1. The van der Waals surface area contributed by atoms with E-state index in [0.717, 1.165) is 25.2 Å². The van der Waals surface area contributed by atoms with E-state index < -0.39 is 0 Å². The van der Waals surface area contributed by atoms with E-state index >= 15 is 0 Å². The average Bonchev–Trinajstić information content (AvgIpc) is 3.07. The predicted molar refractivity (Wildman–Crippen MR) is 95.5 cm³/mol. The lowest BCUT2D eigenvalue weighted by Gasteiger charge is -2.34. The number of halogens is 2. The van der Waals surface area contributed by atoms with Crippen molar-refractivity contribution in [3.63, 3.8) is 0 Å². The van der Waals surface area contributed by atoms with Gasteiger partial charge in [0, 0.05) is 61.1 Å². The summed E-state index contributed by atoms with van der Waals surface area (Å²) in [7, 11) is 0. The third kappa shape index (κ3) is 3.74. The second-order valence-electron chi connectivity index (χ2n) is 5.85. The van der Waals surface area contributed by atoms with E-state index in [1.54, 1.807) is 17.1 Å². The normalized spacial score (nSPS) is 15.7. The van der Waals surface area contributed by atoms with Gasteiger partial charge in [0.1, 0.15) is 0 Å². The zero-order valence-electron chi connectivity index (χ0n) is 13.6. The largest absolute Gasteiger partial charge is 0.336 e. The van der Waals surface area contributed by atoms with Gasteiger partial charge < -0.3 is 4.90 Å². The topological polar surface area (TPSA) is 41.4 Å². The molecule has 7 heteroatoms. The molecule has 5 nitrogen and oxygen atoms in total. The van der Waals surface area contributed by atoms with Gasteiger partial charge in [-0.2, -0.15) is 5.10 Å². The lowest BCUT2D eigenvalue weighted by molar-refractivity contribution is 0.0628. The highest BCUT2D eigenvalue weighted by molar-refractivity contribution is 6.35. The molecule has 1 fully saturated rings. The number of carbonyl (C=O) groups excluding carboxylic acids is 1. The maximum absolute atomic E-state index is 12.5. The van der Waals surface area contributed by atoms with Crippen LogP contribution in [0.3, 0.4) is 0 Å². The van der Waals surface area contributed by atoms with Crippen LogP contribution in [-0.4, -0.2) is 51.7 Å². The molecular formula is C17H20Cl2N4O. The Kier molecular flexibility index (Phi) is 5.43. The first-order valence-corrected chi connectivity index (χ1v) is 8.81. The molecule has 3 rings (SSSR count). The molecule has 0 N–H and O–H groups in total. The monoisotopic (exact) mass is 366 g/mol. The number of rotatable bonds is 4. The van der Waals surface area contributed by atoms with Gasteiger partial charge in [-0.15, -0.1) is 0 Å². The fourth-order valence-corrected chi connectivity index (χ4v) is 3.36. The number of benzene rings is 1. The molecule has 0 unspecified atom stereocenters. The molecule has 0 bridgehead atoms. The van der Waals surface area contributed by atoms with Crippen LogP contribution in [0.1, 0.15) is 22.8 Å². The first-order chi connectivity index (χ1) is 11.6. The fourth-order valence-electron chi connectivity index (χ4n) is 2.85.